The Bertz CT molecular complexity index is 1270. The quantitative estimate of drug-likeness (QED) is 0.432. The van der Waals surface area contributed by atoms with Gasteiger partial charge >= 0.3 is 0 Å². The van der Waals surface area contributed by atoms with Gasteiger partial charge in [-0.25, -0.2) is 9.97 Å². The molecule has 1 amide bonds. The van der Waals surface area contributed by atoms with Gasteiger partial charge in [-0.15, -0.1) is 0 Å². The number of carbonyl (C=O) groups is 1. The molecule has 4 rings (SSSR count). The van der Waals surface area contributed by atoms with E-state index < -0.39 is 0 Å². The first-order valence-corrected chi connectivity index (χ1v) is 10.8. The highest BCUT2D eigenvalue weighted by molar-refractivity contribution is 7.99. The normalized spacial score (nSPS) is 10.8. The fourth-order valence-corrected chi connectivity index (χ4v) is 4.23. The van der Waals surface area contributed by atoms with E-state index in [1.807, 2.05) is 49.4 Å². The van der Waals surface area contributed by atoms with Gasteiger partial charge in [-0.3, -0.25) is 4.79 Å². The summed E-state index contributed by atoms with van der Waals surface area (Å²) in [5.74, 6) is -0.00393. The monoisotopic (exact) mass is 428 g/mol. The molecule has 2 aromatic heterocycles. The Balaban J connectivity index is 1.68. The molecule has 0 radical (unpaired) electrons. The molecule has 1 N–H and O–H groups in total. The summed E-state index contributed by atoms with van der Waals surface area (Å²) in [5.41, 5.74) is 5.47. The van der Waals surface area contributed by atoms with Crippen molar-refractivity contribution in [1.82, 2.24) is 14.9 Å². The molecule has 4 aromatic rings. The number of benzene rings is 2. The minimum atomic E-state index is -0.00393. The van der Waals surface area contributed by atoms with E-state index >= 15 is 0 Å². The zero-order valence-corrected chi connectivity index (χ0v) is 18.8. The van der Waals surface area contributed by atoms with Crippen LogP contribution in [-0.4, -0.2) is 34.9 Å². The second-order valence-electron chi connectivity index (χ2n) is 7.64. The predicted octanol–water partition coefficient (Wildman–Crippen LogP) is 5.84. The summed E-state index contributed by atoms with van der Waals surface area (Å²) in [6, 6.07) is 20.1. The topological polar surface area (TPSA) is 58.1 Å². The van der Waals surface area contributed by atoms with E-state index in [0.717, 1.165) is 43.5 Å². The maximum Gasteiger partial charge on any atom is 0.253 e. The molecule has 0 saturated heterocycles. The van der Waals surface area contributed by atoms with Gasteiger partial charge in [0.2, 0.25) is 0 Å². The van der Waals surface area contributed by atoms with E-state index in [0.29, 0.717) is 5.56 Å². The Morgan fingerprint density at radius 2 is 1.81 bits per heavy atom. The first-order valence-electron chi connectivity index (χ1n) is 10.0. The highest BCUT2D eigenvalue weighted by Crippen LogP contribution is 2.37. The van der Waals surface area contributed by atoms with Gasteiger partial charge in [-0.2, -0.15) is 0 Å². The van der Waals surface area contributed by atoms with Crippen molar-refractivity contribution in [3.8, 4) is 0 Å². The minimum absolute atomic E-state index is 0.00393. The molecule has 2 aromatic carbocycles. The minimum Gasteiger partial charge on any atom is -0.354 e. The van der Waals surface area contributed by atoms with Crippen LogP contribution in [0.3, 0.4) is 0 Å². The Morgan fingerprint density at radius 3 is 2.61 bits per heavy atom. The van der Waals surface area contributed by atoms with Crippen molar-refractivity contribution >= 4 is 40.1 Å². The third-order valence-electron chi connectivity index (χ3n) is 4.86. The number of aryl methyl sites for hydroxylation is 2. The van der Waals surface area contributed by atoms with Crippen LogP contribution in [0.15, 0.2) is 76.7 Å². The van der Waals surface area contributed by atoms with Crippen molar-refractivity contribution < 1.29 is 4.79 Å². The first-order chi connectivity index (χ1) is 14.9. The van der Waals surface area contributed by atoms with Crippen molar-refractivity contribution in [3.63, 3.8) is 0 Å². The average Bonchev–Trinajstić information content (AvgIpc) is 2.75. The standard InChI is InChI=1S/C25H24N4OS/c1-16-8-11-23(31-19-7-5-6-18(15-19)25(30)29(3)4)22(14-16)28-21-12-13-26-24-20(21)10-9-17(2)27-24/h5-15H,1-4H3,(H,26,27,28). The maximum absolute atomic E-state index is 12.3. The van der Waals surface area contributed by atoms with Crippen LogP contribution < -0.4 is 5.32 Å². The van der Waals surface area contributed by atoms with Crippen LogP contribution in [0.25, 0.3) is 11.0 Å². The Morgan fingerprint density at radius 1 is 0.968 bits per heavy atom. The summed E-state index contributed by atoms with van der Waals surface area (Å²) in [5, 5.41) is 4.55. The zero-order valence-electron chi connectivity index (χ0n) is 18.0. The number of aromatic nitrogens is 2. The van der Waals surface area contributed by atoms with Crippen LogP contribution in [-0.2, 0) is 0 Å². The summed E-state index contributed by atoms with van der Waals surface area (Å²) in [6.45, 7) is 4.04. The summed E-state index contributed by atoms with van der Waals surface area (Å²) in [4.78, 5) is 25.0. The SMILES string of the molecule is Cc1ccc(Sc2cccc(C(=O)N(C)C)c2)c(Nc2ccnc3nc(C)ccc23)c1. The maximum atomic E-state index is 12.3. The molecule has 2 heterocycles. The van der Waals surface area contributed by atoms with Gasteiger partial charge in [0, 0.05) is 46.7 Å². The number of rotatable bonds is 5. The third-order valence-corrected chi connectivity index (χ3v) is 5.93. The molecular formula is C25H24N4OS. The van der Waals surface area contributed by atoms with Gasteiger partial charge in [0.1, 0.15) is 0 Å². The van der Waals surface area contributed by atoms with Crippen molar-refractivity contribution in [2.75, 3.05) is 19.4 Å². The van der Waals surface area contributed by atoms with Crippen LogP contribution in [0.1, 0.15) is 21.6 Å². The van der Waals surface area contributed by atoms with Crippen molar-refractivity contribution in [2.45, 2.75) is 23.6 Å². The lowest BCUT2D eigenvalue weighted by molar-refractivity contribution is 0.0827. The summed E-state index contributed by atoms with van der Waals surface area (Å²) in [6.07, 6.45) is 1.77. The van der Waals surface area contributed by atoms with Crippen molar-refractivity contribution in [3.05, 3.63) is 83.7 Å². The fraction of sp³-hybridized carbons (Fsp3) is 0.160. The number of pyridine rings is 2. The lowest BCUT2D eigenvalue weighted by Crippen LogP contribution is -2.21. The van der Waals surface area contributed by atoms with Crippen LogP contribution in [0, 0.1) is 13.8 Å². The van der Waals surface area contributed by atoms with E-state index in [4.69, 9.17) is 0 Å². The van der Waals surface area contributed by atoms with Crippen LogP contribution in [0.2, 0.25) is 0 Å². The van der Waals surface area contributed by atoms with Crippen LogP contribution in [0.4, 0.5) is 11.4 Å². The Hall–Kier alpha value is -3.38. The second-order valence-corrected chi connectivity index (χ2v) is 8.75. The summed E-state index contributed by atoms with van der Waals surface area (Å²) < 4.78 is 0. The predicted molar refractivity (Wildman–Crippen MR) is 127 cm³/mol. The molecule has 6 heteroatoms. The van der Waals surface area contributed by atoms with Gasteiger partial charge in [-0.05, 0) is 67.9 Å². The second kappa shape index (κ2) is 8.78. The van der Waals surface area contributed by atoms with Crippen molar-refractivity contribution in [2.24, 2.45) is 0 Å². The highest BCUT2D eigenvalue weighted by atomic mass is 32.2. The van der Waals surface area contributed by atoms with E-state index in [1.54, 1.807) is 37.0 Å². The van der Waals surface area contributed by atoms with Crippen LogP contribution >= 0.6 is 11.8 Å². The van der Waals surface area contributed by atoms with E-state index in [9.17, 15) is 4.79 Å². The lowest BCUT2D eigenvalue weighted by Gasteiger charge is -2.15. The summed E-state index contributed by atoms with van der Waals surface area (Å²) in [7, 11) is 3.53. The number of carbonyl (C=O) groups excluding carboxylic acids is 1. The fourth-order valence-electron chi connectivity index (χ4n) is 3.29. The van der Waals surface area contributed by atoms with E-state index in [2.05, 4.69) is 40.4 Å². The van der Waals surface area contributed by atoms with Gasteiger partial charge in [-0.1, -0.05) is 23.9 Å². The molecule has 0 bridgehead atoms. The van der Waals surface area contributed by atoms with Gasteiger partial charge in [0.15, 0.2) is 5.65 Å². The van der Waals surface area contributed by atoms with Crippen molar-refractivity contribution in [1.29, 1.82) is 0 Å². The van der Waals surface area contributed by atoms with Crippen LogP contribution in [0.5, 0.6) is 0 Å². The first kappa shape index (κ1) is 20.9. The molecule has 0 saturated carbocycles. The van der Waals surface area contributed by atoms with Gasteiger partial charge < -0.3 is 10.2 Å². The molecule has 0 aliphatic heterocycles. The van der Waals surface area contributed by atoms with Gasteiger partial charge in [0.05, 0.1) is 11.4 Å². The number of anilines is 2. The molecule has 31 heavy (non-hydrogen) atoms. The number of hydrogen-bond acceptors (Lipinski definition) is 5. The smallest absolute Gasteiger partial charge is 0.253 e. The van der Waals surface area contributed by atoms with Gasteiger partial charge in [0.25, 0.3) is 5.91 Å². The number of nitrogens with one attached hydrogen (secondary N) is 1. The molecule has 0 fully saturated rings. The lowest BCUT2D eigenvalue weighted by atomic mass is 10.2. The number of nitrogens with zero attached hydrogens (tertiary/aromatic N) is 3. The highest BCUT2D eigenvalue weighted by Gasteiger charge is 2.12. The molecule has 5 nitrogen and oxygen atoms in total. The van der Waals surface area contributed by atoms with E-state index in [-0.39, 0.29) is 5.91 Å². The number of hydrogen-bond donors (Lipinski definition) is 1. The third kappa shape index (κ3) is 4.70. The molecule has 0 atom stereocenters. The number of fused-ring (bicyclic) bond motifs is 1. The molecule has 0 unspecified atom stereocenters. The molecule has 156 valence electrons. The number of amides is 1. The molecule has 0 spiro atoms. The largest absolute Gasteiger partial charge is 0.354 e. The van der Waals surface area contributed by atoms with E-state index in [1.165, 1.54) is 0 Å². The Labute approximate surface area is 186 Å². The zero-order chi connectivity index (χ0) is 22.0. The Kier molecular flexibility index (Phi) is 5.91. The molecule has 0 aliphatic carbocycles. The average molecular weight is 429 g/mol. The molecular weight excluding hydrogens is 404 g/mol. The summed E-state index contributed by atoms with van der Waals surface area (Å²) >= 11 is 1.63. The molecule has 0 aliphatic rings.